The number of nitrogens with zero attached hydrogens (tertiary/aromatic N) is 2. The van der Waals surface area contributed by atoms with E-state index >= 15 is 0 Å². The van der Waals surface area contributed by atoms with Crippen molar-refractivity contribution in [2.75, 3.05) is 14.2 Å². The number of methoxy groups -OCH3 is 1. The van der Waals surface area contributed by atoms with Gasteiger partial charge in [-0.25, -0.2) is 14.0 Å². The number of carbonyl (C=O) groups is 2. The molecule has 2 atom stereocenters. The minimum atomic E-state index is -1.22. The van der Waals surface area contributed by atoms with Crippen LogP contribution in [-0.4, -0.2) is 48.5 Å². The van der Waals surface area contributed by atoms with Crippen molar-refractivity contribution < 1.29 is 28.2 Å². The van der Waals surface area contributed by atoms with Crippen LogP contribution in [-0.2, 0) is 20.9 Å². The van der Waals surface area contributed by atoms with E-state index in [9.17, 15) is 14.0 Å². The highest BCUT2D eigenvalue weighted by Crippen LogP contribution is 2.46. The average molecular weight is 485 g/mol. The lowest BCUT2D eigenvalue weighted by atomic mass is 9.92. The number of aliphatic imine (C=N–C) groups is 1. The van der Waals surface area contributed by atoms with Gasteiger partial charge in [-0.05, 0) is 57.4 Å². The van der Waals surface area contributed by atoms with Crippen LogP contribution < -0.4 is 4.74 Å². The first-order chi connectivity index (χ1) is 16.6. The molecular formula is C27H33FN2O5. The Labute approximate surface area is 205 Å². The van der Waals surface area contributed by atoms with Crippen molar-refractivity contribution in [1.82, 2.24) is 4.90 Å². The van der Waals surface area contributed by atoms with Crippen molar-refractivity contribution in [3.05, 3.63) is 65.5 Å². The highest BCUT2D eigenvalue weighted by molar-refractivity contribution is 5.90. The van der Waals surface area contributed by atoms with Crippen LogP contribution in [0.2, 0.25) is 0 Å². The quantitative estimate of drug-likeness (QED) is 0.384. The normalized spacial score (nSPS) is 20.2. The third-order valence-electron chi connectivity index (χ3n) is 5.99. The highest BCUT2D eigenvalue weighted by atomic mass is 19.1. The Kier molecular flexibility index (Phi) is 8.14. The van der Waals surface area contributed by atoms with E-state index in [4.69, 9.17) is 14.2 Å². The summed E-state index contributed by atoms with van der Waals surface area (Å²) in [5.41, 5.74) is -0.673. The van der Waals surface area contributed by atoms with Crippen LogP contribution >= 0.6 is 0 Å². The van der Waals surface area contributed by atoms with E-state index in [2.05, 4.69) is 4.99 Å². The number of halogens is 1. The van der Waals surface area contributed by atoms with E-state index in [1.165, 1.54) is 18.1 Å². The predicted octanol–water partition coefficient (Wildman–Crippen LogP) is 5.48. The molecule has 0 N–H and O–H groups in total. The number of esters is 1. The molecule has 0 aromatic heterocycles. The molecule has 35 heavy (non-hydrogen) atoms. The molecule has 0 radical (unpaired) electrons. The van der Waals surface area contributed by atoms with Crippen LogP contribution in [0.3, 0.4) is 0 Å². The van der Waals surface area contributed by atoms with Crippen LogP contribution in [0.1, 0.15) is 57.2 Å². The Morgan fingerprint density at radius 3 is 2.46 bits per heavy atom. The monoisotopic (exact) mass is 484 g/mol. The number of likely N-dealkylation sites (tertiary alicyclic amines) is 1. The van der Waals surface area contributed by atoms with Gasteiger partial charge in [-0.2, -0.15) is 0 Å². The maximum Gasteiger partial charge on any atom is 0.411 e. The predicted molar refractivity (Wildman–Crippen MR) is 131 cm³/mol. The molecule has 0 unspecified atom stereocenters. The first-order valence-electron chi connectivity index (χ1n) is 11.6. The SMILES string of the molecule is CN=CC[C@@]1(C(=O)OC)CC[C@H](c2ccc(OCc3ccccc3F)cc2)N1C(=O)OC(C)(C)C. The smallest absolute Gasteiger partial charge is 0.411 e. The molecule has 2 aromatic rings. The molecule has 0 spiro atoms. The second-order valence-corrected chi connectivity index (χ2v) is 9.52. The molecule has 1 saturated heterocycles. The molecule has 0 aliphatic carbocycles. The third-order valence-corrected chi connectivity index (χ3v) is 5.99. The molecule has 1 aliphatic heterocycles. The number of hydrogen-bond donors (Lipinski definition) is 0. The Hall–Kier alpha value is -3.42. The van der Waals surface area contributed by atoms with Crippen LogP contribution in [0.5, 0.6) is 5.75 Å². The van der Waals surface area contributed by atoms with E-state index in [1.807, 2.05) is 12.1 Å². The molecular weight excluding hydrogens is 451 g/mol. The number of ether oxygens (including phenoxy) is 3. The lowest BCUT2D eigenvalue weighted by Gasteiger charge is -2.39. The molecule has 0 bridgehead atoms. The Morgan fingerprint density at radius 2 is 1.86 bits per heavy atom. The highest BCUT2D eigenvalue weighted by Gasteiger charge is 2.56. The number of carbonyl (C=O) groups excluding carboxylic acids is 2. The maximum absolute atomic E-state index is 13.9. The van der Waals surface area contributed by atoms with Gasteiger partial charge in [-0.1, -0.05) is 30.3 Å². The largest absolute Gasteiger partial charge is 0.489 e. The molecule has 8 heteroatoms. The maximum atomic E-state index is 13.9. The molecule has 0 saturated carbocycles. The van der Waals surface area contributed by atoms with E-state index in [0.717, 1.165) is 5.56 Å². The van der Waals surface area contributed by atoms with Crippen LogP contribution in [0.15, 0.2) is 53.5 Å². The second kappa shape index (κ2) is 10.9. The summed E-state index contributed by atoms with van der Waals surface area (Å²) in [6, 6.07) is 13.3. The van der Waals surface area contributed by atoms with Crippen molar-refractivity contribution in [3.63, 3.8) is 0 Å². The van der Waals surface area contributed by atoms with Crippen molar-refractivity contribution in [3.8, 4) is 5.75 Å². The summed E-state index contributed by atoms with van der Waals surface area (Å²) < 4.78 is 30.5. The van der Waals surface area contributed by atoms with E-state index < -0.39 is 29.2 Å². The van der Waals surface area contributed by atoms with Gasteiger partial charge >= 0.3 is 12.1 Å². The topological polar surface area (TPSA) is 77.4 Å². The number of rotatable bonds is 7. The zero-order valence-corrected chi connectivity index (χ0v) is 20.9. The molecule has 1 fully saturated rings. The fourth-order valence-electron chi connectivity index (χ4n) is 4.33. The average Bonchev–Trinajstić information content (AvgIpc) is 3.21. The van der Waals surface area contributed by atoms with E-state index in [1.54, 1.807) is 64.4 Å². The molecule has 188 valence electrons. The summed E-state index contributed by atoms with van der Waals surface area (Å²) in [6.07, 6.45) is 2.20. The molecule has 1 aliphatic rings. The van der Waals surface area contributed by atoms with E-state index in [-0.39, 0.29) is 18.8 Å². The van der Waals surface area contributed by atoms with Gasteiger partial charge in [0.1, 0.15) is 29.3 Å². The standard InChI is InChI=1S/C27H33FN2O5/c1-26(2,3)35-25(32)30-23(14-15-27(30,16-17-29-4)24(31)33-5)19-10-12-21(13-11-19)34-18-20-8-6-7-9-22(20)28/h6-13,17,23H,14-16,18H2,1-5H3/t23-,27-/m1/s1. The summed E-state index contributed by atoms with van der Waals surface area (Å²) in [5.74, 6) is -0.260. The molecule has 3 rings (SSSR count). The van der Waals surface area contributed by atoms with Crippen LogP contribution in [0.4, 0.5) is 9.18 Å². The van der Waals surface area contributed by atoms with Gasteiger partial charge in [0.25, 0.3) is 0 Å². The molecule has 2 aromatic carbocycles. The van der Waals surface area contributed by atoms with Crippen molar-refractivity contribution in [2.24, 2.45) is 4.99 Å². The van der Waals surface area contributed by atoms with Gasteiger partial charge < -0.3 is 19.2 Å². The fraction of sp³-hybridized carbons (Fsp3) is 0.444. The summed E-state index contributed by atoms with van der Waals surface area (Å²) >= 11 is 0. The van der Waals surface area contributed by atoms with Crippen molar-refractivity contribution in [1.29, 1.82) is 0 Å². The third kappa shape index (κ3) is 5.99. The lowest BCUT2D eigenvalue weighted by molar-refractivity contribution is -0.153. The summed E-state index contributed by atoms with van der Waals surface area (Å²) in [7, 11) is 2.94. The zero-order chi connectivity index (χ0) is 25.6. The Bertz CT molecular complexity index is 1060. The fourth-order valence-corrected chi connectivity index (χ4v) is 4.33. The Balaban J connectivity index is 1.88. The van der Waals surface area contributed by atoms with Gasteiger partial charge in [-0.15, -0.1) is 0 Å². The van der Waals surface area contributed by atoms with Gasteiger partial charge in [0.05, 0.1) is 13.2 Å². The molecule has 7 nitrogen and oxygen atoms in total. The van der Waals surface area contributed by atoms with Crippen molar-refractivity contribution in [2.45, 2.75) is 63.8 Å². The first-order valence-corrected chi connectivity index (χ1v) is 11.6. The zero-order valence-electron chi connectivity index (χ0n) is 20.9. The summed E-state index contributed by atoms with van der Waals surface area (Å²) in [5, 5.41) is 0. The molecule has 1 amide bonds. The number of amides is 1. The Morgan fingerprint density at radius 1 is 1.17 bits per heavy atom. The van der Waals surface area contributed by atoms with Crippen LogP contribution in [0.25, 0.3) is 0 Å². The second-order valence-electron chi connectivity index (χ2n) is 9.52. The lowest BCUT2D eigenvalue weighted by Crippen LogP contribution is -2.55. The summed E-state index contributed by atoms with van der Waals surface area (Å²) in [6.45, 7) is 5.45. The van der Waals surface area contributed by atoms with Crippen molar-refractivity contribution >= 4 is 18.3 Å². The van der Waals surface area contributed by atoms with Gasteiger partial charge in [0.2, 0.25) is 0 Å². The van der Waals surface area contributed by atoms with Gasteiger partial charge in [-0.3, -0.25) is 4.90 Å². The van der Waals surface area contributed by atoms with Gasteiger partial charge in [0.15, 0.2) is 0 Å². The first kappa shape index (κ1) is 26.2. The van der Waals surface area contributed by atoms with Crippen LogP contribution in [0, 0.1) is 5.82 Å². The number of benzene rings is 2. The molecule has 1 heterocycles. The minimum absolute atomic E-state index is 0.0985. The van der Waals surface area contributed by atoms with Gasteiger partial charge in [0, 0.05) is 25.2 Å². The summed E-state index contributed by atoms with van der Waals surface area (Å²) in [4.78, 5) is 31.9. The number of hydrogen-bond acceptors (Lipinski definition) is 6. The van der Waals surface area contributed by atoms with E-state index in [0.29, 0.717) is 24.2 Å². The minimum Gasteiger partial charge on any atom is -0.489 e.